The molecule has 5 rings (SSSR count). The van der Waals surface area contributed by atoms with Gasteiger partial charge >= 0.3 is 0 Å². The van der Waals surface area contributed by atoms with E-state index in [1.54, 1.807) is 16.4 Å². The van der Waals surface area contributed by atoms with Gasteiger partial charge < -0.3 is 0 Å². The summed E-state index contributed by atoms with van der Waals surface area (Å²) in [7, 11) is -3.54. The van der Waals surface area contributed by atoms with Crippen molar-refractivity contribution in [3.05, 3.63) is 76.8 Å². The minimum atomic E-state index is -3.54. The lowest BCUT2D eigenvalue weighted by Gasteiger charge is -2.36. The average molecular weight is 491 g/mol. The molecule has 3 aromatic carbocycles. The molecule has 7 heteroatoms. The molecule has 0 bridgehead atoms. The van der Waals surface area contributed by atoms with Crippen molar-refractivity contribution < 1.29 is 8.42 Å². The van der Waals surface area contributed by atoms with Crippen molar-refractivity contribution >= 4 is 44.8 Å². The van der Waals surface area contributed by atoms with Gasteiger partial charge in [-0.05, 0) is 48.4 Å². The van der Waals surface area contributed by atoms with Gasteiger partial charge in [-0.1, -0.05) is 60.1 Å². The molecule has 32 heavy (non-hydrogen) atoms. The number of nitrogens with zero attached hydrogens (tertiary/aromatic N) is 2. The van der Waals surface area contributed by atoms with Gasteiger partial charge in [0, 0.05) is 48.5 Å². The van der Waals surface area contributed by atoms with Crippen LogP contribution >= 0.6 is 24.0 Å². The lowest BCUT2D eigenvalue weighted by Crippen LogP contribution is -2.42. The van der Waals surface area contributed by atoms with Gasteiger partial charge in [-0.2, -0.15) is 4.31 Å². The summed E-state index contributed by atoms with van der Waals surface area (Å²) in [5, 5.41) is 2.06. The van der Waals surface area contributed by atoms with Crippen LogP contribution in [0.5, 0.6) is 0 Å². The van der Waals surface area contributed by atoms with E-state index in [-0.39, 0.29) is 12.4 Å². The SMILES string of the molecule is Cl.O=S(=O)(c1ccc(Cl)c2ccccc12)N1CCC(CN2CCc3ccccc3C2)CC1. The van der Waals surface area contributed by atoms with E-state index in [0.29, 0.717) is 34.3 Å². The first-order valence-electron chi connectivity index (χ1n) is 11.0. The van der Waals surface area contributed by atoms with Crippen molar-refractivity contribution in [2.75, 3.05) is 26.2 Å². The van der Waals surface area contributed by atoms with Gasteiger partial charge in [-0.15, -0.1) is 12.4 Å². The molecule has 170 valence electrons. The Balaban J connectivity index is 0.00000245. The number of sulfonamides is 1. The van der Waals surface area contributed by atoms with E-state index < -0.39 is 10.0 Å². The van der Waals surface area contributed by atoms with Crippen molar-refractivity contribution in [1.29, 1.82) is 0 Å². The molecule has 1 saturated heterocycles. The fourth-order valence-electron chi connectivity index (χ4n) is 5.01. The number of hydrogen-bond donors (Lipinski definition) is 0. The topological polar surface area (TPSA) is 40.6 Å². The minimum absolute atomic E-state index is 0. The summed E-state index contributed by atoms with van der Waals surface area (Å²) in [4.78, 5) is 2.89. The molecular formula is C25H28Cl2N2O2S. The fourth-order valence-corrected chi connectivity index (χ4v) is 6.90. The van der Waals surface area contributed by atoms with Crippen LogP contribution in [0.4, 0.5) is 0 Å². The third kappa shape index (κ3) is 4.55. The minimum Gasteiger partial charge on any atom is -0.298 e. The molecule has 0 aliphatic carbocycles. The van der Waals surface area contributed by atoms with E-state index in [1.165, 1.54) is 11.1 Å². The normalized spacial score (nSPS) is 18.3. The quantitative estimate of drug-likeness (QED) is 0.493. The summed E-state index contributed by atoms with van der Waals surface area (Å²) in [6.45, 7) is 4.30. The second kappa shape index (κ2) is 9.70. The molecule has 2 heterocycles. The van der Waals surface area contributed by atoms with Crippen LogP contribution in [0.25, 0.3) is 10.8 Å². The van der Waals surface area contributed by atoms with E-state index in [0.717, 1.165) is 44.3 Å². The van der Waals surface area contributed by atoms with Gasteiger partial charge in [0.25, 0.3) is 0 Å². The maximum Gasteiger partial charge on any atom is 0.243 e. The van der Waals surface area contributed by atoms with Crippen LogP contribution in [0.1, 0.15) is 24.0 Å². The van der Waals surface area contributed by atoms with Crippen molar-refractivity contribution in [3.63, 3.8) is 0 Å². The molecule has 3 aromatic rings. The zero-order chi connectivity index (χ0) is 21.4. The first-order valence-corrected chi connectivity index (χ1v) is 12.8. The third-order valence-electron chi connectivity index (χ3n) is 6.75. The maximum atomic E-state index is 13.4. The van der Waals surface area contributed by atoms with Crippen LogP contribution in [-0.2, 0) is 23.0 Å². The number of benzene rings is 3. The number of fused-ring (bicyclic) bond motifs is 2. The summed E-state index contributed by atoms with van der Waals surface area (Å²) >= 11 is 6.30. The van der Waals surface area contributed by atoms with Gasteiger partial charge in [-0.3, -0.25) is 4.90 Å². The van der Waals surface area contributed by atoms with Gasteiger partial charge in [-0.25, -0.2) is 8.42 Å². The standard InChI is InChI=1S/C25H27ClN2O2S.ClH/c26-24-9-10-25(23-8-4-3-7-22(23)24)31(29,30)28-15-11-19(12-16-28)17-27-14-13-20-5-1-2-6-21(20)18-27;/h1-10,19H,11-18H2;1H. The molecule has 1 fully saturated rings. The van der Waals surface area contributed by atoms with Crippen LogP contribution < -0.4 is 0 Å². The third-order valence-corrected chi connectivity index (χ3v) is 9.03. The Kier molecular flexibility index (Phi) is 7.13. The predicted molar refractivity (Wildman–Crippen MR) is 133 cm³/mol. The molecule has 0 radical (unpaired) electrons. The zero-order valence-corrected chi connectivity index (χ0v) is 20.3. The summed E-state index contributed by atoms with van der Waals surface area (Å²) in [6, 6.07) is 19.5. The summed E-state index contributed by atoms with van der Waals surface area (Å²) in [5.41, 5.74) is 2.90. The first-order chi connectivity index (χ1) is 15.0. The molecule has 0 atom stereocenters. The molecule has 0 saturated carbocycles. The predicted octanol–water partition coefficient (Wildman–Crippen LogP) is 5.37. The Labute approximate surface area is 201 Å². The molecule has 2 aliphatic heterocycles. The number of hydrogen-bond acceptors (Lipinski definition) is 3. The van der Waals surface area contributed by atoms with Crippen molar-refractivity contribution in [2.45, 2.75) is 30.7 Å². The van der Waals surface area contributed by atoms with Gasteiger partial charge in [0.1, 0.15) is 0 Å². The Hall–Kier alpha value is -1.63. The lowest BCUT2D eigenvalue weighted by molar-refractivity contribution is 0.171. The summed E-state index contributed by atoms with van der Waals surface area (Å²) < 4.78 is 28.5. The number of piperidine rings is 1. The van der Waals surface area contributed by atoms with E-state index in [9.17, 15) is 8.42 Å². The largest absolute Gasteiger partial charge is 0.298 e. The highest BCUT2D eigenvalue weighted by atomic mass is 35.5. The highest BCUT2D eigenvalue weighted by Crippen LogP contribution is 2.33. The first kappa shape index (κ1) is 23.5. The van der Waals surface area contributed by atoms with Crippen LogP contribution in [0.2, 0.25) is 5.02 Å². The number of rotatable bonds is 4. The lowest BCUT2D eigenvalue weighted by atomic mass is 9.94. The molecule has 4 nitrogen and oxygen atoms in total. The van der Waals surface area contributed by atoms with Crippen LogP contribution in [0.3, 0.4) is 0 Å². The van der Waals surface area contributed by atoms with Crippen molar-refractivity contribution in [3.8, 4) is 0 Å². The summed E-state index contributed by atoms with van der Waals surface area (Å²) in [5.74, 6) is 0.540. The molecule has 0 amide bonds. The molecule has 2 aliphatic rings. The van der Waals surface area contributed by atoms with E-state index in [4.69, 9.17) is 11.6 Å². The maximum absolute atomic E-state index is 13.4. The Bertz CT molecular complexity index is 1210. The van der Waals surface area contributed by atoms with E-state index >= 15 is 0 Å². The van der Waals surface area contributed by atoms with E-state index in [2.05, 4.69) is 29.2 Å². The second-order valence-corrected chi connectivity index (χ2v) is 11.0. The summed E-state index contributed by atoms with van der Waals surface area (Å²) in [6.07, 6.45) is 2.92. The Morgan fingerprint density at radius 3 is 2.25 bits per heavy atom. The highest BCUT2D eigenvalue weighted by Gasteiger charge is 2.31. The van der Waals surface area contributed by atoms with Gasteiger partial charge in [0.2, 0.25) is 10.0 Å². The molecule has 0 unspecified atom stereocenters. The number of halogens is 2. The molecule has 0 N–H and O–H groups in total. The van der Waals surface area contributed by atoms with Crippen molar-refractivity contribution in [1.82, 2.24) is 9.21 Å². The Morgan fingerprint density at radius 1 is 0.844 bits per heavy atom. The van der Waals surface area contributed by atoms with Gasteiger partial charge in [0.15, 0.2) is 0 Å². The Morgan fingerprint density at radius 2 is 1.50 bits per heavy atom. The molecule has 0 spiro atoms. The van der Waals surface area contributed by atoms with Crippen LogP contribution in [0, 0.1) is 5.92 Å². The van der Waals surface area contributed by atoms with Crippen LogP contribution in [-0.4, -0.2) is 43.8 Å². The molecule has 0 aromatic heterocycles. The average Bonchev–Trinajstić information content (AvgIpc) is 2.80. The zero-order valence-electron chi connectivity index (χ0n) is 17.9. The molecular weight excluding hydrogens is 463 g/mol. The monoisotopic (exact) mass is 490 g/mol. The van der Waals surface area contributed by atoms with E-state index in [1.807, 2.05) is 24.3 Å². The second-order valence-electron chi connectivity index (χ2n) is 8.69. The smallest absolute Gasteiger partial charge is 0.243 e. The fraction of sp³-hybridized carbons (Fsp3) is 0.360. The van der Waals surface area contributed by atoms with Crippen LogP contribution in [0.15, 0.2) is 65.6 Å². The highest BCUT2D eigenvalue weighted by molar-refractivity contribution is 7.89. The van der Waals surface area contributed by atoms with Gasteiger partial charge in [0.05, 0.1) is 4.90 Å². The van der Waals surface area contributed by atoms with Crippen molar-refractivity contribution in [2.24, 2.45) is 5.92 Å².